The van der Waals surface area contributed by atoms with E-state index < -0.39 is 11.7 Å². The van der Waals surface area contributed by atoms with Gasteiger partial charge in [0.2, 0.25) is 0 Å². The predicted octanol–water partition coefficient (Wildman–Crippen LogP) is 4.60. The normalized spacial score (nSPS) is 12.3. The predicted molar refractivity (Wildman–Crippen MR) is 118 cm³/mol. The van der Waals surface area contributed by atoms with E-state index in [1.807, 2.05) is 76.2 Å². The zero-order valence-corrected chi connectivity index (χ0v) is 18.3. The molecule has 0 aromatic heterocycles. The Balaban J connectivity index is 1.76. The Morgan fingerprint density at radius 3 is 2.23 bits per heavy atom. The average Bonchev–Trinajstić information content (AvgIpc) is 2.69. The number of carbonyl (C=O) groups excluding carboxylic acids is 1. The third-order valence-electron chi connectivity index (χ3n) is 4.25. The van der Waals surface area contributed by atoms with E-state index in [0.29, 0.717) is 25.3 Å². The van der Waals surface area contributed by atoms with Crippen molar-refractivity contribution in [1.29, 1.82) is 0 Å². The van der Waals surface area contributed by atoms with Gasteiger partial charge in [0.25, 0.3) is 0 Å². The van der Waals surface area contributed by atoms with Gasteiger partial charge >= 0.3 is 6.09 Å². The van der Waals surface area contributed by atoms with E-state index in [9.17, 15) is 9.90 Å². The van der Waals surface area contributed by atoms with Crippen LogP contribution in [0.2, 0.25) is 0 Å². The molecule has 0 aliphatic rings. The standard InChI is InChI=1S/C24H33NO5/c1-5-28-22(17-26)16-19-8-12-21(13-9-19)29-15-14-18-6-10-20(11-7-18)25-23(27)30-24(2,3)4/h6-13,22,26H,5,14-17H2,1-4H3,(H,25,27)/t22-/m1/s1. The largest absolute Gasteiger partial charge is 0.493 e. The summed E-state index contributed by atoms with van der Waals surface area (Å²) >= 11 is 0. The van der Waals surface area contributed by atoms with Crippen LogP contribution in [0.15, 0.2) is 48.5 Å². The number of aliphatic hydroxyl groups is 1. The molecule has 30 heavy (non-hydrogen) atoms. The van der Waals surface area contributed by atoms with Crippen LogP contribution in [0.3, 0.4) is 0 Å². The summed E-state index contributed by atoms with van der Waals surface area (Å²) in [7, 11) is 0. The molecular weight excluding hydrogens is 382 g/mol. The molecular formula is C24H33NO5. The van der Waals surface area contributed by atoms with E-state index in [-0.39, 0.29) is 12.7 Å². The third kappa shape index (κ3) is 8.84. The lowest BCUT2D eigenvalue weighted by molar-refractivity contribution is 0.0207. The number of benzene rings is 2. The zero-order chi connectivity index (χ0) is 22.0. The smallest absolute Gasteiger partial charge is 0.412 e. The van der Waals surface area contributed by atoms with Gasteiger partial charge in [0.15, 0.2) is 0 Å². The summed E-state index contributed by atoms with van der Waals surface area (Å²) in [6.45, 7) is 8.56. The molecule has 0 spiro atoms. The van der Waals surface area contributed by atoms with Gasteiger partial charge in [0.05, 0.1) is 19.3 Å². The van der Waals surface area contributed by atoms with Crippen molar-refractivity contribution in [1.82, 2.24) is 0 Å². The second-order valence-corrected chi connectivity index (χ2v) is 8.03. The number of hydrogen-bond acceptors (Lipinski definition) is 5. The molecule has 0 unspecified atom stereocenters. The monoisotopic (exact) mass is 415 g/mol. The Labute approximate surface area is 179 Å². The molecule has 2 aromatic rings. The van der Waals surface area contributed by atoms with Crippen molar-refractivity contribution in [3.63, 3.8) is 0 Å². The van der Waals surface area contributed by atoms with Gasteiger partial charge in [-0.2, -0.15) is 0 Å². The van der Waals surface area contributed by atoms with Crippen LogP contribution in [0.25, 0.3) is 0 Å². The minimum absolute atomic E-state index is 0.0121. The van der Waals surface area contributed by atoms with E-state index >= 15 is 0 Å². The molecule has 0 fully saturated rings. The first-order valence-electron chi connectivity index (χ1n) is 10.3. The highest BCUT2D eigenvalue weighted by Gasteiger charge is 2.16. The maximum absolute atomic E-state index is 11.8. The van der Waals surface area contributed by atoms with Crippen LogP contribution < -0.4 is 10.1 Å². The number of rotatable bonds is 10. The van der Waals surface area contributed by atoms with Crippen LogP contribution in [0.4, 0.5) is 10.5 Å². The Morgan fingerprint density at radius 2 is 1.67 bits per heavy atom. The minimum atomic E-state index is -0.524. The van der Waals surface area contributed by atoms with Crippen molar-refractivity contribution in [3.05, 3.63) is 59.7 Å². The first kappa shape index (κ1) is 23.7. The molecule has 2 rings (SSSR count). The maximum Gasteiger partial charge on any atom is 0.412 e. The number of ether oxygens (including phenoxy) is 3. The minimum Gasteiger partial charge on any atom is -0.493 e. The molecule has 0 heterocycles. The summed E-state index contributed by atoms with van der Waals surface area (Å²) in [6, 6.07) is 15.5. The van der Waals surface area contributed by atoms with Crippen molar-refractivity contribution < 1.29 is 24.1 Å². The van der Waals surface area contributed by atoms with Gasteiger partial charge in [0, 0.05) is 25.1 Å². The van der Waals surface area contributed by atoms with E-state index in [4.69, 9.17) is 14.2 Å². The summed E-state index contributed by atoms with van der Waals surface area (Å²) in [5.41, 5.74) is 2.38. The molecule has 0 aliphatic heterocycles. The maximum atomic E-state index is 11.8. The highest BCUT2D eigenvalue weighted by atomic mass is 16.6. The Morgan fingerprint density at radius 1 is 1.03 bits per heavy atom. The number of amides is 1. The lowest BCUT2D eigenvalue weighted by atomic mass is 10.1. The Kier molecular flexibility index (Phi) is 9.15. The lowest BCUT2D eigenvalue weighted by Crippen LogP contribution is -2.27. The van der Waals surface area contributed by atoms with Crippen LogP contribution in [-0.2, 0) is 22.3 Å². The molecule has 0 saturated carbocycles. The number of nitrogens with one attached hydrogen (secondary N) is 1. The van der Waals surface area contributed by atoms with E-state index in [1.165, 1.54) is 0 Å². The summed E-state index contributed by atoms with van der Waals surface area (Å²) in [5, 5.41) is 12.0. The first-order chi connectivity index (χ1) is 14.3. The van der Waals surface area contributed by atoms with Gasteiger partial charge in [0.1, 0.15) is 11.4 Å². The number of anilines is 1. The highest BCUT2D eigenvalue weighted by Crippen LogP contribution is 2.16. The molecule has 0 saturated heterocycles. The molecule has 1 atom stereocenters. The zero-order valence-electron chi connectivity index (χ0n) is 18.3. The number of aliphatic hydroxyl groups excluding tert-OH is 1. The van der Waals surface area contributed by atoms with Crippen LogP contribution >= 0.6 is 0 Å². The van der Waals surface area contributed by atoms with Crippen molar-refractivity contribution in [2.45, 2.75) is 52.2 Å². The third-order valence-corrected chi connectivity index (χ3v) is 4.25. The average molecular weight is 416 g/mol. The molecule has 0 aliphatic carbocycles. The molecule has 2 aromatic carbocycles. The summed E-state index contributed by atoms with van der Waals surface area (Å²) in [4.78, 5) is 11.8. The summed E-state index contributed by atoms with van der Waals surface area (Å²) < 4.78 is 16.5. The van der Waals surface area contributed by atoms with Gasteiger partial charge in [-0.1, -0.05) is 24.3 Å². The molecule has 0 radical (unpaired) electrons. The fourth-order valence-electron chi connectivity index (χ4n) is 2.86. The molecule has 0 bridgehead atoms. The quantitative estimate of drug-likeness (QED) is 0.593. The second kappa shape index (κ2) is 11.6. The molecule has 164 valence electrons. The molecule has 1 amide bonds. The number of hydrogen-bond donors (Lipinski definition) is 2. The Hall–Kier alpha value is -2.57. The topological polar surface area (TPSA) is 77.0 Å². The van der Waals surface area contributed by atoms with Gasteiger partial charge < -0.3 is 19.3 Å². The van der Waals surface area contributed by atoms with Gasteiger partial charge in [-0.15, -0.1) is 0 Å². The van der Waals surface area contributed by atoms with Crippen LogP contribution in [0.1, 0.15) is 38.8 Å². The van der Waals surface area contributed by atoms with Crippen molar-refractivity contribution >= 4 is 11.8 Å². The molecule has 6 heteroatoms. The van der Waals surface area contributed by atoms with Crippen LogP contribution in [0, 0.1) is 0 Å². The van der Waals surface area contributed by atoms with Crippen LogP contribution in [-0.4, -0.2) is 42.7 Å². The van der Waals surface area contributed by atoms with Crippen molar-refractivity contribution in [3.8, 4) is 5.75 Å². The molecule has 6 nitrogen and oxygen atoms in total. The van der Waals surface area contributed by atoms with Crippen molar-refractivity contribution in [2.24, 2.45) is 0 Å². The SMILES string of the molecule is CCO[C@@H](CO)Cc1ccc(OCCc2ccc(NC(=O)OC(C)(C)C)cc2)cc1. The summed E-state index contributed by atoms with van der Waals surface area (Å²) in [6.07, 6.45) is 0.794. The van der Waals surface area contributed by atoms with Crippen LogP contribution in [0.5, 0.6) is 5.75 Å². The highest BCUT2D eigenvalue weighted by molar-refractivity contribution is 5.84. The fourth-order valence-corrected chi connectivity index (χ4v) is 2.86. The first-order valence-corrected chi connectivity index (χ1v) is 10.3. The second-order valence-electron chi connectivity index (χ2n) is 8.03. The molecule has 2 N–H and O–H groups in total. The van der Waals surface area contributed by atoms with Gasteiger partial charge in [-0.3, -0.25) is 5.32 Å². The van der Waals surface area contributed by atoms with E-state index in [0.717, 1.165) is 23.3 Å². The summed E-state index contributed by atoms with van der Waals surface area (Å²) in [5.74, 6) is 0.805. The number of carbonyl (C=O) groups is 1. The van der Waals surface area contributed by atoms with E-state index in [2.05, 4.69) is 5.32 Å². The van der Waals surface area contributed by atoms with E-state index in [1.54, 1.807) is 0 Å². The Bertz CT molecular complexity index is 766. The lowest BCUT2D eigenvalue weighted by Gasteiger charge is -2.19. The van der Waals surface area contributed by atoms with Gasteiger partial charge in [-0.25, -0.2) is 4.79 Å². The van der Waals surface area contributed by atoms with Gasteiger partial charge in [-0.05, 0) is 63.1 Å². The van der Waals surface area contributed by atoms with Crippen molar-refractivity contribution in [2.75, 3.05) is 25.1 Å². The fraction of sp³-hybridized carbons (Fsp3) is 0.458.